The number of aromatic nitrogens is 2. The topological polar surface area (TPSA) is 67.4 Å². The fourth-order valence-electron chi connectivity index (χ4n) is 2.82. The zero-order chi connectivity index (χ0) is 19.1. The quantitative estimate of drug-likeness (QED) is 0.760. The van der Waals surface area contributed by atoms with Crippen LogP contribution in [0.4, 0.5) is 11.5 Å². The molecule has 1 fully saturated rings. The fourth-order valence-corrected chi connectivity index (χ4v) is 3.60. The van der Waals surface area contributed by atoms with E-state index >= 15 is 0 Å². The van der Waals surface area contributed by atoms with Crippen LogP contribution in [0.5, 0.6) is 0 Å². The molecule has 1 N–H and O–H groups in total. The van der Waals surface area contributed by atoms with Crippen molar-refractivity contribution in [1.29, 1.82) is 0 Å². The molecule has 2 heterocycles. The van der Waals surface area contributed by atoms with E-state index in [-0.39, 0.29) is 5.91 Å². The summed E-state index contributed by atoms with van der Waals surface area (Å²) in [4.78, 5) is 23.5. The molecule has 0 bridgehead atoms. The van der Waals surface area contributed by atoms with Crippen molar-refractivity contribution in [2.24, 2.45) is 0 Å². The lowest BCUT2D eigenvalue weighted by Gasteiger charge is -2.28. The number of nitrogens with zero attached hydrogens (tertiary/aromatic N) is 3. The van der Waals surface area contributed by atoms with Gasteiger partial charge >= 0.3 is 0 Å². The minimum atomic E-state index is 0.00284. The van der Waals surface area contributed by atoms with Crippen LogP contribution in [0.3, 0.4) is 0 Å². The van der Waals surface area contributed by atoms with E-state index < -0.39 is 0 Å². The average Bonchev–Trinajstić information content (AvgIpc) is 2.69. The third kappa shape index (κ3) is 5.60. The zero-order valence-corrected chi connectivity index (χ0v) is 17.2. The molecule has 1 aromatic heterocycles. The molecule has 0 aliphatic carbocycles. The number of ether oxygens (including phenoxy) is 1. The number of thioether (sulfide) groups is 2. The lowest BCUT2D eigenvalue weighted by molar-refractivity contribution is -0.113. The summed E-state index contributed by atoms with van der Waals surface area (Å²) < 4.78 is 5.45. The third-order valence-electron chi connectivity index (χ3n) is 4.10. The Kier molecular flexibility index (Phi) is 7.37. The van der Waals surface area contributed by atoms with Gasteiger partial charge in [-0.2, -0.15) is 23.5 Å². The van der Waals surface area contributed by atoms with Crippen molar-refractivity contribution in [3.05, 3.63) is 36.0 Å². The van der Waals surface area contributed by atoms with Crippen LogP contribution >= 0.6 is 23.5 Å². The summed E-state index contributed by atoms with van der Waals surface area (Å²) in [6.45, 7) is 3.13. The van der Waals surface area contributed by atoms with Gasteiger partial charge in [0, 0.05) is 36.2 Å². The van der Waals surface area contributed by atoms with Crippen LogP contribution in [0.2, 0.25) is 0 Å². The van der Waals surface area contributed by atoms with E-state index in [9.17, 15) is 4.79 Å². The second-order valence-corrected chi connectivity index (χ2v) is 7.86. The van der Waals surface area contributed by atoms with Crippen molar-refractivity contribution in [3.63, 3.8) is 0 Å². The van der Waals surface area contributed by atoms with E-state index in [0.717, 1.165) is 54.8 Å². The first-order chi connectivity index (χ1) is 13.2. The Hall–Kier alpha value is -1.77. The Balaban J connectivity index is 1.83. The second-order valence-electron chi connectivity index (χ2n) is 6.13. The number of nitrogens with one attached hydrogen (secondary N) is 1. The van der Waals surface area contributed by atoms with Gasteiger partial charge in [-0.25, -0.2) is 9.97 Å². The Morgan fingerprint density at radius 1 is 1.15 bits per heavy atom. The van der Waals surface area contributed by atoms with Crippen LogP contribution in [-0.2, 0) is 15.3 Å². The average molecular weight is 405 g/mol. The Bertz CT molecular complexity index is 765. The number of amides is 1. The minimum absolute atomic E-state index is 0.00284. The van der Waals surface area contributed by atoms with Gasteiger partial charge in [-0.05, 0) is 36.8 Å². The Morgan fingerprint density at radius 2 is 1.89 bits per heavy atom. The molecule has 6 nitrogen and oxygen atoms in total. The van der Waals surface area contributed by atoms with Crippen LogP contribution in [0.15, 0.2) is 30.3 Å². The van der Waals surface area contributed by atoms with Crippen LogP contribution in [0, 0.1) is 0 Å². The van der Waals surface area contributed by atoms with E-state index in [1.165, 1.54) is 11.8 Å². The van der Waals surface area contributed by atoms with E-state index in [1.807, 2.05) is 30.5 Å². The van der Waals surface area contributed by atoms with Crippen molar-refractivity contribution in [2.45, 2.75) is 5.75 Å². The number of carbonyl (C=O) groups is 1. The van der Waals surface area contributed by atoms with Gasteiger partial charge in [0.05, 0.1) is 24.7 Å². The van der Waals surface area contributed by atoms with Crippen molar-refractivity contribution < 1.29 is 9.53 Å². The molecule has 1 aliphatic rings. The number of anilines is 2. The fraction of sp³-hybridized carbons (Fsp3) is 0.421. The number of hydrogen-bond acceptors (Lipinski definition) is 7. The Morgan fingerprint density at radius 3 is 2.56 bits per heavy atom. The summed E-state index contributed by atoms with van der Waals surface area (Å²) in [5.41, 5.74) is 2.74. The standard InChI is InChI=1S/C19H24N4O2S2/c1-26-12-16-11-17(23-7-9-25-10-8-23)22-19(21-16)14-3-5-15(6-4-14)20-18(24)13-27-2/h3-6,11H,7-10,12-13H2,1-2H3,(H,20,24). The van der Waals surface area contributed by atoms with Gasteiger partial charge < -0.3 is 15.0 Å². The molecule has 1 amide bonds. The molecule has 144 valence electrons. The summed E-state index contributed by atoms with van der Waals surface area (Å²) in [6, 6.07) is 9.77. The third-order valence-corrected chi connectivity index (χ3v) is 5.23. The molecule has 8 heteroatoms. The molecule has 0 unspecified atom stereocenters. The molecular formula is C19H24N4O2S2. The number of carbonyl (C=O) groups excluding carboxylic acids is 1. The maximum Gasteiger partial charge on any atom is 0.234 e. The van der Waals surface area contributed by atoms with E-state index in [2.05, 4.69) is 22.5 Å². The predicted octanol–water partition coefficient (Wildman–Crippen LogP) is 3.14. The molecule has 27 heavy (non-hydrogen) atoms. The zero-order valence-electron chi connectivity index (χ0n) is 15.6. The lowest BCUT2D eigenvalue weighted by atomic mass is 10.2. The van der Waals surface area contributed by atoms with Gasteiger partial charge in [0.2, 0.25) is 5.91 Å². The summed E-state index contributed by atoms with van der Waals surface area (Å²) >= 11 is 3.25. The molecule has 0 atom stereocenters. The SMILES string of the molecule is CSCC(=O)Nc1ccc(-c2nc(CSC)cc(N3CCOCC3)n2)cc1. The number of rotatable bonds is 7. The van der Waals surface area contributed by atoms with Crippen LogP contribution < -0.4 is 10.2 Å². The second kappa shape index (κ2) is 9.96. The van der Waals surface area contributed by atoms with Crippen molar-refractivity contribution >= 4 is 40.9 Å². The van der Waals surface area contributed by atoms with Gasteiger partial charge in [0.1, 0.15) is 5.82 Å². The minimum Gasteiger partial charge on any atom is -0.378 e. The largest absolute Gasteiger partial charge is 0.378 e. The van der Waals surface area contributed by atoms with Gasteiger partial charge in [0.25, 0.3) is 0 Å². The number of hydrogen-bond donors (Lipinski definition) is 1. The molecule has 0 saturated carbocycles. The van der Waals surface area contributed by atoms with Gasteiger partial charge in [-0.1, -0.05) is 0 Å². The molecule has 0 radical (unpaired) electrons. The molecular weight excluding hydrogens is 380 g/mol. The van der Waals surface area contributed by atoms with Gasteiger partial charge in [-0.15, -0.1) is 0 Å². The highest BCUT2D eigenvalue weighted by molar-refractivity contribution is 7.99. The highest BCUT2D eigenvalue weighted by atomic mass is 32.2. The highest BCUT2D eigenvalue weighted by Gasteiger charge is 2.15. The van der Waals surface area contributed by atoms with Gasteiger partial charge in [-0.3, -0.25) is 4.79 Å². The Labute approximate surface area is 168 Å². The predicted molar refractivity (Wildman–Crippen MR) is 115 cm³/mol. The van der Waals surface area contributed by atoms with Crippen molar-refractivity contribution in [1.82, 2.24) is 9.97 Å². The summed E-state index contributed by atoms with van der Waals surface area (Å²) in [7, 11) is 0. The number of morpholine rings is 1. The molecule has 1 aliphatic heterocycles. The lowest BCUT2D eigenvalue weighted by Crippen LogP contribution is -2.37. The molecule has 1 aromatic carbocycles. The first kappa shape index (κ1) is 20.0. The normalized spacial score (nSPS) is 14.2. The maximum atomic E-state index is 11.7. The maximum absolute atomic E-state index is 11.7. The molecule has 1 saturated heterocycles. The molecule has 0 spiro atoms. The molecule has 3 rings (SSSR count). The number of benzene rings is 1. The van der Waals surface area contributed by atoms with Crippen LogP contribution in [-0.4, -0.2) is 60.4 Å². The summed E-state index contributed by atoms with van der Waals surface area (Å²) in [6.07, 6.45) is 3.98. The van der Waals surface area contributed by atoms with Crippen LogP contribution in [0.1, 0.15) is 5.69 Å². The highest BCUT2D eigenvalue weighted by Crippen LogP contribution is 2.24. The van der Waals surface area contributed by atoms with Crippen molar-refractivity contribution in [3.8, 4) is 11.4 Å². The van der Waals surface area contributed by atoms with E-state index in [1.54, 1.807) is 11.8 Å². The molecule has 2 aromatic rings. The first-order valence-corrected chi connectivity index (χ1v) is 11.6. The monoisotopic (exact) mass is 404 g/mol. The summed E-state index contributed by atoms with van der Waals surface area (Å²) in [5.74, 6) is 2.96. The van der Waals surface area contributed by atoms with Crippen LogP contribution in [0.25, 0.3) is 11.4 Å². The van der Waals surface area contributed by atoms with Crippen molar-refractivity contribution in [2.75, 3.05) is 54.8 Å². The van der Waals surface area contributed by atoms with E-state index in [0.29, 0.717) is 11.6 Å². The van der Waals surface area contributed by atoms with E-state index in [4.69, 9.17) is 14.7 Å². The first-order valence-electron chi connectivity index (χ1n) is 8.78. The van der Waals surface area contributed by atoms with Gasteiger partial charge in [0.15, 0.2) is 5.82 Å². The smallest absolute Gasteiger partial charge is 0.234 e. The summed E-state index contributed by atoms with van der Waals surface area (Å²) in [5, 5.41) is 2.89.